The number of rotatable bonds is 8. The summed E-state index contributed by atoms with van der Waals surface area (Å²) in [4.78, 5) is 1.89. The van der Waals surface area contributed by atoms with Crippen molar-refractivity contribution in [2.24, 2.45) is 0 Å². The summed E-state index contributed by atoms with van der Waals surface area (Å²) in [5.41, 5.74) is -1.68. The van der Waals surface area contributed by atoms with Crippen molar-refractivity contribution in [2.45, 2.75) is 50.6 Å². The maximum absolute atomic E-state index is 13.3. The number of hydrogen-bond donors (Lipinski definition) is 0. The molecule has 0 aromatic heterocycles. The molecule has 0 saturated carbocycles. The van der Waals surface area contributed by atoms with Crippen LogP contribution in [0.5, 0.6) is 0 Å². The van der Waals surface area contributed by atoms with Crippen LogP contribution >= 0.6 is 0 Å². The van der Waals surface area contributed by atoms with E-state index < -0.39 is 26.7 Å². The third-order valence-electron chi connectivity index (χ3n) is 3.52. The van der Waals surface area contributed by atoms with Crippen LogP contribution in [0, 0.1) is 5.39 Å². The second-order valence-electron chi connectivity index (χ2n) is 5.39. The molecule has 1 rings (SSSR count). The highest BCUT2D eigenvalue weighted by molar-refractivity contribution is 7.89. The van der Waals surface area contributed by atoms with Crippen molar-refractivity contribution in [2.75, 3.05) is 13.1 Å². The van der Waals surface area contributed by atoms with Crippen molar-refractivity contribution in [3.63, 3.8) is 0 Å². The molecular weight excluding hydrogens is 379 g/mol. The number of alkyl halides is 3. The number of nitrogens with zero attached hydrogens (tertiary/aromatic N) is 3. The Morgan fingerprint density at radius 1 is 1.12 bits per heavy atom. The van der Waals surface area contributed by atoms with Crippen LogP contribution in [0.15, 0.2) is 23.1 Å². The average Bonchev–Trinajstić information content (AvgIpc) is 2.53. The van der Waals surface area contributed by atoms with Crippen LogP contribution in [-0.4, -0.2) is 25.8 Å². The highest BCUT2D eigenvalue weighted by Crippen LogP contribution is 2.37. The molecule has 0 atom stereocenters. The van der Waals surface area contributed by atoms with Crippen molar-refractivity contribution < 1.29 is 34.0 Å². The zero-order valence-corrected chi connectivity index (χ0v) is 15.6. The highest BCUT2D eigenvalue weighted by atomic mass is 35.5. The molecule has 1 aromatic rings. The summed E-state index contributed by atoms with van der Waals surface area (Å²) < 4.78 is 66.4. The number of benzene rings is 1. The van der Waals surface area contributed by atoms with E-state index >= 15 is 0 Å². The van der Waals surface area contributed by atoms with Crippen molar-refractivity contribution in [3.8, 4) is 0 Å². The van der Waals surface area contributed by atoms with E-state index in [1.54, 1.807) is 0 Å². The third-order valence-corrected chi connectivity index (χ3v) is 5.48. The van der Waals surface area contributed by atoms with Gasteiger partial charge in [-0.3, -0.25) is 0 Å². The van der Waals surface area contributed by atoms with E-state index in [1.807, 2.05) is 13.8 Å². The van der Waals surface area contributed by atoms with Gasteiger partial charge in [-0.25, -0.2) is 8.42 Å². The summed E-state index contributed by atoms with van der Waals surface area (Å²) in [6.07, 6.45) is -2.29. The molecule has 0 fully saturated rings. The summed E-state index contributed by atoms with van der Waals surface area (Å²) in [6.45, 7) is 4.09. The summed E-state index contributed by atoms with van der Waals surface area (Å²) >= 11 is 0. The number of diazo groups is 1. The lowest BCUT2D eigenvalue weighted by Gasteiger charge is -2.23. The first-order valence-electron chi connectivity index (χ1n) is 7.75. The molecule has 25 heavy (non-hydrogen) atoms. The molecule has 0 aliphatic carbocycles. The Morgan fingerprint density at radius 2 is 1.64 bits per heavy atom. The van der Waals surface area contributed by atoms with Gasteiger partial charge in [0, 0.05) is 25.2 Å². The Bertz CT molecular complexity index is 695. The van der Waals surface area contributed by atoms with Crippen LogP contribution in [0.25, 0.3) is 4.98 Å². The first kappa shape index (κ1) is 23.6. The van der Waals surface area contributed by atoms with Gasteiger partial charge in [-0.1, -0.05) is 26.7 Å². The number of halogens is 4. The van der Waals surface area contributed by atoms with Gasteiger partial charge >= 0.3 is 11.9 Å². The normalized spacial score (nSPS) is 11.9. The van der Waals surface area contributed by atoms with Gasteiger partial charge in [-0.2, -0.15) is 17.5 Å². The summed E-state index contributed by atoms with van der Waals surface area (Å²) in [6, 6.07) is 2.42. The molecular formula is C15H21ClF3N3O2S. The van der Waals surface area contributed by atoms with Crippen LogP contribution in [0.3, 0.4) is 0 Å². The predicted octanol–water partition coefficient (Wildman–Crippen LogP) is 1.78. The quantitative estimate of drug-likeness (QED) is 0.626. The van der Waals surface area contributed by atoms with E-state index in [-0.39, 0.29) is 31.2 Å². The van der Waals surface area contributed by atoms with Crippen LogP contribution in [0.4, 0.5) is 18.9 Å². The molecule has 0 radical (unpaired) electrons. The van der Waals surface area contributed by atoms with E-state index in [0.717, 1.165) is 29.3 Å². The van der Waals surface area contributed by atoms with E-state index in [1.165, 1.54) is 0 Å². The maximum atomic E-state index is 13.3. The molecule has 0 spiro atoms. The largest absolute Gasteiger partial charge is 1.00 e. The molecule has 10 heteroatoms. The topological polar surface area (TPSA) is 65.5 Å². The van der Waals surface area contributed by atoms with Gasteiger partial charge in [0.2, 0.25) is 15.4 Å². The van der Waals surface area contributed by atoms with E-state index in [2.05, 4.69) is 4.98 Å². The second-order valence-corrected chi connectivity index (χ2v) is 7.30. The van der Waals surface area contributed by atoms with Crippen molar-refractivity contribution in [3.05, 3.63) is 28.7 Å². The highest BCUT2D eigenvalue weighted by Gasteiger charge is 2.40. The lowest BCUT2D eigenvalue weighted by Crippen LogP contribution is -3.00. The monoisotopic (exact) mass is 399 g/mol. The molecule has 0 N–H and O–H groups in total. The fraction of sp³-hybridized carbons (Fsp3) is 0.600. The van der Waals surface area contributed by atoms with Gasteiger partial charge in [0.15, 0.2) is 4.98 Å². The Balaban J connectivity index is 0.00000576. The van der Waals surface area contributed by atoms with Gasteiger partial charge in [0.05, 0.1) is 10.5 Å². The Hall–Kier alpha value is -1.37. The molecule has 0 amide bonds. The summed E-state index contributed by atoms with van der Waals surface area (Å²) in [7, 11) is -4.29. The lowest BCUT2D eigenvalue weighted by molar-refractivity contribution is -0.139. The minimum Gasteiger partial charge on any atom is -1.00 e. The summed E-state index contributed by atoms with van der Waals surface area (Å²) in [5.74, 6) is 0. The fourth-order valence-corrected chi connectivity index (χ4v) is 3.90. The minimum absolute atomic E-state index is 0. The number of unbranched alkanes of at least 4 members (excludes halogenated alkanes) is 2. The second kappa shape index (κ2) is 9.94. The predicted molar refractivity (Wildman–Crippen MR) is 84.8 cm³/mol. The third kappa shape index (κ3) is 6.13. The molecule has 0 bridgehead atoms. The van der Waals surface area contributed by atoms with Crippen molar-refractivity contribution in [1.29, 1.82) is 5.39 Å². The van der Waals surface area contributed by atoms with Crippen LogP contribution in [-0.2, 0) is 16.2 Å². The molecule has 0 aliphatic rings. The zero-order valence-electron chi connectivity index (χ0n) is 14.1. The fourth-order valence-electron chi connectivity index (χ4n) is 2.19. The molecule has 5 nitrogen and oxygen atoms in total. The standard InChI is InChI=1S/C15H21F3N3O2S.ClH/c1-3-5-9-21(10-6-4-2)24(22,23)14-8-7-12(20-19)11-13(14)15(16,17)18;/h7-8,11H,3-6,9-10H2,1-2H3;1H/q+1;/p-1. The smallest absolute Gasteiger partial charge is 0.418 e. The van der Waals surface area contributed by atoms with Crippen LogP contribution in [0.2, 0.25) is 0 Å². The lowest BCUT2D eigenvalue weighted by atomic mass is 10.2. The van der Waals surface area contributed by atoms with Gasteiger partial charge < -0.3 is 12.4 Å². The first-order valence-corrected chi connectivity index (χ1v) is 9.19. The van der Waals surface area contributed by atoms with E-state index in [0.29, 0.717) is 18.9 Å². The van der Waals surface area contributed by atoms with Crippen molar-refractivity contribution in [1.82, 2.24) is 4.31 Å². The van der Waals surface area contributed by atoms with Gasteiger partial charge in [0.25, 0.3) is 0 Å². The van der Waals surface area contributed by atoms with Crippen LogP contribution in [0.1, 0.15) is 45.1 Å². The van der Waals surface area contributed by atoms with Gasteiger partial charge in [-0.15, -0.1) is 0 Å². The van der Waals surface area contributed by atoms with E-state index in [9.17, 15) is 21.6 Å². The number of hydrogen-bond acceptors (Lipinski definition) is 3. The van der Waals surface area contributed by atoms with Crippen LogP contribution < -0.4 is 12.4 Å². The Labute approximate surface area is 152 Å². The average molecular weight is 400 g/mol. The molecule has 142 valence electrons. The first-order chi connectivity index (χ1) is 11.2. The SMILES string of the molecule is CCCCN(CCCC)S(=O)(=O)c1ccc([N+]#N)cc1C(F)(F)F.[Cl-]. The zero-order chi connectivity index (χ0) is 18.4. The Morgan fingerprint density at radius 3 is 2.04 bits per heavy atom. The molecule has 0 unspecified atom stereocenters. The summed E-state index contributed by atoms with van der Waals surface area (Å²) in [5, 5.41) is 8.66. The van der Waals surface area contributed by atoms with Gasteiger partial charge in [-0.05, 0) is 18.9 Å². The number of sulfonamides is 1. The molecule has 0 heterocycles. The molecule has 0 saturated heterocycles. The van der Waals surface area contributed by atoms with Crippen molar-refractivity contribution >= 4 is 15.7 Å². The maximum Gasteiger partial charge on any atom is 0.418 e. The molecule has 1 aromatic carbocycles. The Kier molecular flexibility index (Phi) is 9.40. The molecule has 0 aliphatic heterocycles. The minimum atomic E-state index is -4.87. The van der Waals surface area contributed by atoms with E-state index in [4.69, 9.17) is 5.39 Å². The van der Waals surface area contributed by atoms with Gasteiger partial charge in [0.1, 0.15) is 0 Å².